The molecule has 0 spiro atoms. The van der Waals surface area contributed by atoms with E-state index in [0.717, 1.165) is 57.4 Å². The van der Waals surface area contributed by atoms with Gasteiger partial charge in [0, 0.05) is 47.8 Å². The fourth-order valence-corrected chi connectivity index (χ4v) is 7.44. The molecular formula is C45H79N5O3S. The van der Waals surface area contributed by atoms with Crippen molar-refractivity contribution in [3.05, 3.63) is 66.3 Å². The van der Waals surface area contributed by atoms with E-state index in [1.54, 1.807) is 18.1 Å². The van der Waals surface area contributed by atoms with Crippen molar-refractivity contribution in [2.75, 3.05) is 20.2 Å². The zero-order valence-electron chi connectivity index (χ0n) is 35.3. The van der Waals surface area contributed by atoms with Crippen LogP contribution in [0, 0.1) is 24.7 Å². The van der Waals surface area contributed by atoms with Crippen LogP contribution in [0.3, 0.4) is 0 Å². The van der Waals surface area contributed by atoms with E-state index in [1.807, 2.05) is 6.20 Å². The third kappa shape index (κ3) is 23.7. The predicted molar refractivity (Wildman–Crippen MR) is 235 cm³/mol. The van der Waals surface area contributed by atoms with Gasteiger partial charge in [-0.2, -0.15) is 0 Å². The van der Waals surface area contributed by atoms with Crippen LogP contribution in [-0.4, -0.2) is 47.9 Å². The number of aromatic nitrogens is 1. The van der Waals surface area contributed by atoms with E-state index in [1.165, 1.54) is 105 Å². The molecule has 1 heterocycles. The Labute approximate surface area is 334 Å². The van der Waals surface area contributed by atoms with Crippen LogP contribution in [0.5, 0.6) is 0 Å². The first-order valence-corrected chi connectivity index (χ1v) is 21.7. The Hall–Kier alpha value is -3.04. The lowest BCUT2D eigenvalue weighted by molar-refractivity contribution is -0.124. The molecule has 0 aliphatic heterocycles. The molecule has 9 heteroatoms. The number of pyridine rings is 1. The van der Waals surface area contributed by atoms with Gasteiger partial charge in [-0.05, 0) is 117 Å². The molecule has 2 amide bonds. The maximum Gasteiger partial charge on any atom is 0.233 e. The summed E-state index contributed by atoms with van der Waals surface area (Å²) in [6.07, 6.45) is 24.7. The van der Waals surface area contributed by atoms with Crippen LogP contribution in [0.25, 0.3) is 10.8 Å². The van der Waals surface area contributed by atoms with Crippen molar-refractivity contribution in [2.45, 2.75) is 156 Å². The van der Waals surface area contributed by atoms with Gasteiger partial charge in [0.05, 0.1) is 6.54 Å². The lowest BCUT2D eigenvalue weighted by Gasteiger charge is -2.23. The van der Waals surface area contributed by atoms with Crippen molar-refractivity contribution >= 4 is 35.0 Å². The second-order valence-corrected chi connectivity index (χ2v) is 15.8. The Balaban J connectivity index is 0.000000955. The number of aryl methyl sites for hydroxylation is 3. The number of carbonyl (C=O) groups excluding carboxylic acids is 2. The Morgan fingerprint density at radius 1 is 1.00 bits per heavy atom. The van der Waals surface area contributed by atoms with Crippen LogP contribution in [0.15, 0.2) is 49.5 Å². The smallest absolute Gasteiger partial charge is 0.233 e. The van der Waals surface area contributed by atoms with Crippen LogP contribution in [0.4, 0.5) is 0 Å². The van der Waals surface area contributed by atoms with Gasteiger partial charge in [0.2, 0.25) is 12.3 Å². The molecule has 0 radical (unpaired) electrons. The second-order valence-electron chi connectivity index (χ2n) is 14.7. The number of aliphatic hydroxyl groups excluding tert-OH is 1. The van der Waals surface area contributed by atoms with Crippen molar-refractivity contribution in [3.8, 4) is 0 Å². The molecule has 2 unspecified atom stereocenters. The molecule has 1 aromatic heterocycles. The summed E-state index contributed by atoms with van der Waals surface area (Å²) in [5.41, 5.74) is 9.32. The van der Waals surface area contributed by atoms with Crippen LogP contribution < -0.4 is 21.1 Å². The van der Waals surface area contributed by atoms with E-state index >= 15 is 0 Å². The molecule has 3 atom stereocenters. The van der Waals surface area contributed by atoms with E-state index in [2.05, 4.69) is 99.0 Å². The molecule has 0 saturated heterocycles. The molecule has 0 bridgehead atoms. The lowest BCUT2D eigenvalue weighted by atomic mass is 9.85. The largest absolute Gasteiger partial charge is 0.400 e. The maximum absolute atomic E-state index is 12.8. The number of aliphatic hydroxyl groups is 1. The monoisotopic (exact) mass is 770 g/mol. The topological polar surface area (TPSA) is 129 Å². The first kappa shape index (κ1) is 51.0. The summed E-state index contributed by atoms with van der Waals surface area (Å²) < 4.78 is 3.15. The summed E-state index contributed by atoms with van der Waals surface area (Å²) in [5, 5.41) is 16.7. The highest BCUT2D eigenvalue weighted by atomic mass is 32.2. The molecule has 2 aromatic rings. The average Bonchev–Trinajstić information content (AvgIpc) is 4.00. The number of hydrogen-bond acceptors (Lipinski definition) is 7. The van der Waals surface area contributed by atoms with Crippen molar-refractivity contribution in [3.63, 3.8) is 0 Å². The summed E-state index contributed by atoms with van der Waals surface area (Å²) in [6, 6.07) is 6.86. The van der Waals surface area contributed by atoms with E-state index in [9.17, 15) is 4.79 Å². The standard InChI is InChI=1S/C23H43N3OS.C20H29N.CH3NO.CH4O/c1-5-7-8-9-10-13-19(3)22(23(27)26-28-21-15-16-21)14-11-12-17-25-20(4)18-24-6-2;1-5-8-15(3)9-7-10-17-14-19-18(13-16(17)4)11-12-21-20(19)6-2;2-1-3;1-2/h6,19,21-22,24-25H,2,4-5,7-18H2,1,3H3,(H,26,27);11-15H,5-10H2,1-4H3;1H,(H2,2,3);2H,1H3/t19-,22?;;;/m0.../s1. The zero-order valence-corrected chi connectivity index (χ0v) is 36.1. The normalized spacial score (nSPS) is 13.3. The molecule has 1 aliphatic carbocycles. The van der Waals surface area contributed by atoms with Crippen LogP contribution >= 0.6 is 11.9 Å². The minimum atomic E-state index is 0.142. The zero-order chi connectivity index (χ0) is 40.6. The molecular weight excluding hydrogens is 691 g/mol. The number of hydrogen-bond donors (Lipinski definition) is 5. The van der Waals surface area contributed by atoms with E-state index in [4.69, 9.17) is 9.90 Å². The van der Waals surface area contributed by atoms with Crippen LogP contribution in [0.1, 0.15) is 148 Å². The Bertz CT molecular complexity index is 1290. The van der Waals surface area contributed by atoms with Gasteiger partial charge >= 0.3 is 0 Å². The highest BCUT2D eigenvalue weighted by molar-refractivity contribution is 7.98. The summed E-state index contributed by atoms with van der Waals surface area (Å²) in [7, 11) is 1.00. The maximum atomic E-state index is 12.8. The highest BCUT2D eigenvalue weighted by Gasteiger charge is 2.28. The molecule has 1 fully saturated rings. The van der Waals surface area contributed by atoms with Crippen molar-refractivity contribution in [1.82, 2.24) is 20.3 Å². The molecule has 308 valence electrons. The number of carbonyl (C=O) groups is 2. The minimum absolute atomic E-state index is 0.142. The average molecular weight is 770 g/mol. The third-order valence-electron chi connectivity index (χ3n) is 9.98. The Morgan fingerprint density at radius 2 is 1.69 bits per heavy atom. The number of fused-ring (bicyclic) bond motifs is 1. The minimum Gasteiger partial charge on any atom is -0.400 e. The first-order chi connectivity index (χ1) is 26.1. The summed E-state index contributed by atoms with van der Waals surface area (Å²) in [4.78, 5) is 25.9. The SMILES string of the molecule is C=CNCC(=C)NCCCCC(C(=O)NSC1CC1)[C@@H](C)CCCCCCC.CCCC(C)CCCc1cc2c(CC)nccc2cc1C.CO.NC=O. The molecule has 3 rings (SSSR count). The lowest BCUT2D eigenvalue weighted by Crippen LogP contribution is -2.31. The Morgan fingerprint density at radius 3 is 2.31 bits per heavy atom. The van der Waals surface area contributed by atoms with E-state index in [-0.39, 0.29) is 18.2 Å². The van der Waals surface area contributed by atoms with E-state index in [0.29, 0.717) is 17.7 Å². The van der Waals surface area contributed by atoms with Gasteiger partial charge in [-0.15, -0.1) is 0 Å². The number of primary amides is 1. The van der Waals surface area contributed by atoms with Gasteiger partial charge in [0.15, 0.2) is 0 Å². The third-order valence-corrected chi connectivity index (χ3v) is 11.1. The molecule has 1 aromatic carbocycles. The molecule has 6 N–H and O–H groups in total. The van der Waals surface area contributed by atoms with Gasteiger partial charge in [-0.25, -0.2) is 0 Å². The van der Waals surface area contributed by atoms with Gasteiger partial charge < -0.3 is 21.5 Å². The van der Waals surface area contributed by atoms with Crippen molar-refractivity contribution < 1.29 is 14.7 Å². The molecule has 1 saturated carbocycles. The summed E-state index contributed by atoms with van der Waals surface area (Å²) in [5.74, 6) is 1.72. The van der Waals surface area contributed by atoms with E-state index < -0.39 is 0 Å². The molecule has 1 aliphatic rings. The summed E-state index contributed by atoms with van der Waals surface area (Å²) in [6.45, 7) is 22.9. The number of nitrogens with one attached hydrogen (secondary N) is 3. The fraction of sp³-hybridized carbons (Fsp3) is 0.667. The van der Waals surface area contributed by atoms with Gasteiger partial charge in [0.1, 0.15) is 0 Å². The number of nitrogens with zero attached hydrogens (tertiary/aromatic N) is 1. The quantitative estimate of drug-likeness (QED) is 0.0366. The highest BCUT2D eigenvalue weighted by Crippen LogP contribution is 2.33. The van der Waals surface area contributed by atoms with Crippen LogP contribution in [0.2, 0.25) is 0 Å². The predicted octanol–water partition coefficient (Wildman–Crippen LogP) is 10.1. The Kier molecular flexibility index (Phi) is 31.4. The van der Waals surface area contributed by atoms with Crippen LogP contribution in [-0.2, 0) is 22.4 Å². The number of unbranched alkanes of at least 4 members (excludes halogenated alkanes) is 5. The number of rotatable bonds is 26. The van der Waals surface area contributed by atoms with Gasteiger partial charge in [0.25, 0.3) is 0 Å². The second kappa shape index (κ2) is 33.3. The van der Waals surface area contributed by atoms with Crippen molar-refractivity contribution in [1.29, 1.82) is 0 Å². The number of benzene rings is 1. The molecule has 8 nitrogen and oxygen atoms in total. The van der Waals surface area contributed by atoms with Crippen molar-refractivity contribution in [2.24, 2.45) is 23.5 Å². The fourth-order valence-electron chi connectivity index (χ4n) is 6.63. The number of amides is 2. The molecule has 54 heavy (non-hydrogen) atoms. The number of nitrogens with two attached hydrogens (primary N) is 1. The first-order valence-electron chi connectivity index (χ1n) is 20.8. The summed E-state index contributed by atoms with van der Waals surface area (Å²) >= 11 is 1.65. The van der Waals surface area contributed by atoms with Gasteiger partial charge in [-0.1, -0.05) is 112 Å². The van der Waals surface area contributed by atoms with Gasteiger partial charge in [-0.3, -0.25) is 19.3 Å².